The van der Waals surface area contributed by atoms with Gasteiger partial charge in [-0.2, -0.15) is 5.10 Å². The molecule has 4 rings (SSSR count). The van der Waals surface area contributed by atoms with Gasteiger partial charge in [0.05, 0.1) is 11.7 Å². The molecule has 0 aliphatic rings. The smallest absolute Gasteiger partial charge is 0.328 e. The van der Waals surface area contributed by atoms with E-state index in [0.29, 0.717) is 12.0 Å². The fraction of sp³-hybridized carbons (Fsp3) is 0.0769. The first-order valence-corrected chi connectivity index (χ1v) is 10.1. The van der Waals surface area contributed by atoms with Crippen LogP contribution < -0.4 is 0 Å². The Morgan fingerprint density at radius 2 is 1.81 bits per heavy atom. The van der Waals surface area contributed by atoms with Crippen LogP contribution in [-0.4, -0.2) is 21.3 Å². The SMILES string of the molecule is CC/C(=C(/c1ccc(/C=C/C(=O)O)cc1)c1ccc2[nH]ncc2c1)c1cccc(F)c1F. The summed E-state index contributed by atoms with van der Waals surface area (Å²) in [6.07, 6.45) is 4.75. The molecule has 0 spiro atoms. The van der Waals surface area contributed by atoms with Gasteiger partial charge in [0, 0.05) is 17.0 Å². The van der Waals surface area contributed by atoms with E-state index in [1.54, 1.807) is 24.4 Å². The number of H-pyrrole nitrogens is 1. The first kappa shape index (κ1) is 21.2. The number of carboxylic acids is 1. The number of carbonyl (C=O) groups is 1. The van der Waals surface area contributed by atoms with E-state index >= 15 is 0 Å². The molecule has 1 heterocycles. The lowest BCUT2D eigenvalue weighted by Gasteiger charge is -2.17. The van der Waals surface area contributed by atoms with Gasteiger partial charge in [0.25, 0.3) is 0 Å². The van der Waals surface area contributed by atoms with E-state index in [1.165, 1.54) is 12.1 Å². The molecule has 0 amide bonds. The third-order valence-corrected chi connectivity index (χ3v) is 5.28. The number of aliphatic carboxylic acids is 1. The summed E-state index contributed by atoms with van der Waals surface area (Å²) in [6.45, 7) is 1.90. The van der Waals surface area contributed by atoms with E-state index < -0.39 is 17.6 Å². The van der Waals surface area contributed by atoms with Gasteiger partial charge in [-0.1, -0.05) is 49.4 Å². The van der Waals surface area contributed by atoms with Gasteiger partial charge in [0.2, 0.25) is 0 Å². The minimum absolute atomic E-state index is 0.213. The number of halogens is 2. The van der Waals surface area contributed by atoms with Crippen molar-refractivity contribution in [3.05, 3.63) is 107 Å². The molecular weight excluding hydrogens is 410 g/mol. The summed E-state index contributed by atoms with van der Waals surface area (Å²) in [4.78, 5) is 10.8. The maximum Gasteiger partial charge on any atom is 0.328 e. The Labute approximate surface area is 183 Å². The number of nitrogens with zero attached hydrogens (tertiary/aromatic N) is 1. The molecule has 3 aromatic carbocycles. The zero-order valence-electron chi connectivity index (χ0n) is 17.3. The number of benzene rings is 3. The average Bonchev–Trinajstić information content (AvgIpc) is 3.26. The summed E-state index contributed by atoms with van der Waals surface area (Å²) in [5.74, 6) is -2.81. The van der Waals surface area contributed by atoms with E-state index in [1.807, 2.05) is 37.3 Å². The molecular formula is C26H20F2N2O2. The van der Waals surface area contributed by atoms with Crippen molar-refractivity contribution in [1.29, 1.82) is 0 Å². The Morgan fingerprint density at radius 3 is 2.53 bits per heavy atom. The highest BCUT2D eigenvalue weighted by Gasteiger charge is 2.18. The van der Waals surface area contributed by atoms with Gasteiger partial charge in [-0.15, -0.1) is 0 Å². The number of aromatic nitrogens is 2. The van der Waals surface area contributed by atoms with Crippen LogP contribution in [-0.2, 0) is 4.79 Å². The number of rotatable bonds is 6. The largest absolute Gasteiger partial charge is 0.478 e. The highest BCUT2D eigenvalue weighted by Crippen LogP contribution is 2.36. The fourth-order valence-corrected chi connectivity index (χ4v) is 3.78. The number of hydrogen-bond donors (Lipinski definition) is 2. The third kappa shape index (κ3) is 4.21. The monoisotopic (exact) mass is 430 g/mol. The van der Waals surface area contributed by atoms with E-state index in [2.05, 4.69) is 10.2 Å². The molecule has 0 saturated heterocycles. The third-order valence-electron chi connectivity index (χ3n) is 5.28. The van der Waals surface area contributed by atoms with Crippen LogP contribution in [0.5, 0.6) is 0 Å². The van der Waals surface area contributed by atoms with Crippen molar-refractivity contribution in [3.8, 4) is 0 Å². The number of nitrogens with one attached hydrogen (secondary N) is 1. The molecule has 0 aliphatic heterocycles. The van der Waals surface area contributed by atoms with Gasteiger partial charge < -0.3 is 5.11 Å². The van der Waals surface area contributed by atoms with Crippen molar-refractivity contribution in [3.63, 3.8) is 0 Å². The van der Waals surface area contributed by atoms with Crippen molar-refractivity contribution in [1.82, 2.24) is 10.2 Å². The zero-order valence-corrected chi connectivity index (χ0v) is 17.3. The first-order valence-electron chi connectivity index (χ1n) is 10.1. The summed E-state index contributed by atoms with van der Waals surface area (Å²) in [5, 5.41) is 16.7. The number of aromatic amines is 1. The Hall–Kier alpha value is -4.06. The zero-order chi connectivity index (χ0) is 22.7. The second-order valence-electron chi connectivity index (χ2n) is 7.27. The summed E-state index contributed by atoms with van der Waals surface area (Å²) in [7, 11) is 0. The van der Waals surface area contributed by atoms with Crippen LogP contribution in [0.15, 0.2) is 72.9 Å². The fourth-order valence-electron chi connectivity index (χ4n) is 3.78. The lowest BCUT2D eigenvalue weighted by atomic mass is 9.87. The van der Waals surface area contributed by atoms with Gasteiger partial charge in [-0.3, -0.25) is 5.10 Å². The molecule has 0 atom stereocenters. The topological polar surface area (TPSA) is 66.0 Å². The van der Waals surface area contributed by atoms with Gasteiger partial charge in [0.15, 0.2) is 11.6 Å². The molecule has 2 N–H and O–H groups in total. The standard InChI is InChI=1S/C26H20F2N2O2/c1-2-20(21-4-3-5-22(27)26(21)28)25(18-11-12-23-19(14-18)15-29-30-23)17-9-6-16(7-10-17)8-13-24(31)32/h3-15H,2H2,1H3,(H,29,30)(H,31,32)/b13-8+,25-20+. The van der Waals surface area contributed by atoms with E-state index in [9.17, 15) is 13.6 Å². The Morgan fingerprint density at radius 1 is 1.06 bits per heavy atom. The van der Waals surface area contributed by atoms with Crippen LogP contribution in [0.2, 0.25) is 0 Å². The van der Waals surface area contributed by atoms with E-state index in [4.69, 9.17) is 5.11 Å². The summed E-state index contributed by atoms with van der Waals surface area (Å²) < 4.78 is 28.8. The average molecular weight is 430 g/mol. The lowest BCUT2D eigenvalue weighted by Crippen LogP contribution is -1.99. The second-order valence-corrected chi connectivity index (χ2v) is 7.27. The van der Waals surface area contributed by atoms with E-state index in [-0.39, 0.29) is 5.56 Å². The maximum absolute atomic E-state index is 14.8. The molecule has 0 fully saturated rings. The quantitative estimate of drug-likeness (QED) is 0.278. The molecule has 4 nitrogen and oxygen atoms in total. The van der Waals surface area contributed by atoms with Crippen molar-refractivity contribution in [2.24, 2.45) is 0 Å². The number of carboxylic acid groups (broad SMARTS) is 1. The molecule has 0 radical (unpaired) electrons. The first-order chi connectivity index (χ1) is 15.5. The summed E-state index contributed by atoms with van der Waals surface area (Å²) in [6, 6.07) is 17.2. The van der Waals surface area contributed by atoms with Crippen molar-refractivity contribution >= 4 is 34.1 Å². The minimum atomic E-state index is -1.03. The number of hydrogen-bond acceptors (Lipinski definition) is 2. The molecule has 1 aromatic heterocycles. The highest BCUT2D eigenvalue weighted by molar-refractivity contribution is 6.00. The second kappa shape index (κ2) is 8.98. The molecule has 0 unspecified atom stereocenters. The van der Waals surface area contributed by atoms with Gasteiger partial charge in [0.1, 0.15) is 0 Å². The van der Waals surface area contributed by atoms with Crippen LogP contribution in [0.25, 0.3) is 28.1 Å². The van der Waals surface area contributed by atoms with Crippen molar-refractivity contribution in [2.75, 3.05) is 0 Å². The Kier molecular flexibility index (Phi) is 5.94. The molecule has 4 aromatic rings. The van der Waals surface area contributed by atoms with Crippen molar-refractivity contribution in [2.45, 2.75) is 13.3 Å². The van der Waals surface area contributed by atoms with Crippen LogP contribution in [0.3, 0.4) is 0 Å². The molecule has 32 heavy (non-hydrogen) atoms. The van der Waals surface area contributed by atoms with Crippen molar-refractivity contribution < 1.29 is 18.7 Å². The normalized spacial score (nSPS) is 12.3. The predicted molar refractivity (Wildman–Crippen MR) is 122 cm³/mol. The van der Waals surface area contributed by atoms with Gasteiger partial charge >= 0.3 is 5.97 Å². The molecule has 160 valence electrons. The van der Waals surface area contributed by atoms with Crippen LogP contribution in [0.4, 0.5) is 8.78 Å². The molecule has 0 aliphatic carbocycles. The minimum Gasteiger partial charge on any atom is -0.478 e. The molecule has 0 bridgehead atoms. The number of allylic oxidation sites excluding steroid dienone is 1. The number of fused-ring (bicyclic) bond motifs is 1. The molecule has 0 saturated carbocycles. The molecule has 6 heteroatoms. The van der Waals surface area contributed by atoms with Crippen LogP contribution >= 0.6 is 0 Å². The Balaban J connectivity index is 1.94. The van der Waals surface area contributed by atoms with E-state index in [0.717, 1.165) is 45.3 Å². The van der Waals surface area contributed by atoms with Crippen LogP contribution in [0, 0.1) is 11.6 Å². The van der Waals surface area contributed by atoms with Gasteiger partial charge in [-0.05, 0) is 58.5 Å². The maximum atomic E-state index is 14.8. The predicted octanol–water partition coefficient (Wildman–Crippen LogP) is 6.31. The summed E-state index contributed by atoms with van der Waals surface area (Å²) in [5.41, 5.74) is 4.89. The Bertz CT molecular complexity index is 1350. The highest BCUT2D eigenvalue weighted by atomic mass is 19.2. The van der Waals surface area contributed by atoms with Gasteiger partial charge in [-0.25, -0.2) is 13.6 Å². The summed E-state index contributed by atoms with van der Waals surface area (Å²) >= 11 is 0. The van der Waals surface area contributed by atoms with Crippen LogP contribution in [0.1, 0.15) is 35.6 Å². The lowest BCUT2D eigenvalue weighted by molar-refractivity contribution is -0.131.